The van der Waals surface area contributed by atoms with E-state index in [0.29, 0.717) is 6.54 Å². The Hall–Kier alpha value is -1.59. The Kier molecular flexibility index (Phi) is 6.21. The summed E-state index contributed by atoms with van der Waals surface area (Å²) in [7, 11) is 0. The van der Waals surface area contributed by atoms with Gasteiger partial charge in [0.05, 0.1) is 19.6 Å². The smallest absolute Gasteiger partial charge is 0.305 e. The van der Waals surface area contributed by atoms with Gasteiger partial charge in [-0.25, -0.2) is 0 Å². The molecule has 0 aromatic heterocycles. The lowest BCUT2D eigenvalue weighted by molar-refractivity contribution is -0.136. The lowest BCUT2D eigenvalue weighted by Gasteiger charge is -2.32. The van der Waals surface area contributed by atoms with Crippen LogP contribution in [0.2, 0.25) is 0 Å². The Morgan fingerprint density at radius 1 is 1.23 bits per heavy atom. The summed E-state index contributed by atoms with van der Waals surface area (Å²) in [6, 6.07) is 6.22. The van der Waals surface area contributed by atoms with Gasteiger partial charge < -0.3 is 14.7 Å². The number of aryl methyl sites for hydroxylation is 2. The van der Waals surface area contributed by atoms with Gasteiger partial charge in [-0.15, -0.1) is 0 Å². The van der Waals surface area contributed by atoms with Gasteiger partial charge in [0.1, 0.15) is 0 Å². The minimum Gasteiger partial charge on any atom is -0.481 e. The summed E-state index contributed by atoms with van der Waals surface area (Å²) in [6.45, 7) is 10.0. The molecule has 5 nitrogen and oxygen atoms in total. The molecule has 0 amide bonds. The van der Waals surface area contributed by atoms with Crippen LogP contribution in [0, 0.1) is 13.8 Å². The number of hydrogen-bond donors (Lipinski definition) is 1. The molecule has 1 aliphatic heterocycles. The fourth-order valence-corrected chi connectivity index (χ4v) is 2.96. The van der Waals surface area contributed by atoms with Crippen molar-refractivity contribution in [3.8, 4) is 0 Å². The third-order valence-corrected chi connectivity index (χ3v) is 4.14. The number of ether oxygens (including phenoxy) is 1. The van der Waals surface area contributed by atoms with Crippen LogP contribution in [0.3, 0.4) is 0 Å². The van der Waals surface area contributed by atoms with Crippen molar-refractivity contribution < 1.29 is 14.6 Å². The number of carbonyl (C=O) groups is 1. The third kappa shape index (κ3) is 4.71. The lowest BCUT2D eigenvalue weighted by Crippen LogP contribution is -2.42. The molecule has 0 saturated carbocycles. The molecule has 1 heterocycles. The van der Waals surface area contributed by atoms with Crippen molar-refractivity contribution in [2.45, 2.75) is 20.3 Å². The number of carboxylic acids is 1. The Morgan fingerprint density at radius 3 is 2.45 bits per heavy atom. The third-order valence-electron chi connectivity index (χ3n) is 4.14. The highest BCUT2D eigenvalue weighted by molar-refractivity contribution is 5.68. The Balaban J connectivity index is 2.06. The average Bonchev–Trinajstić information content (AvgIpc) is 2.50. The molecule has 0 unspecified atom stereocenters. The minimum atomic E-state index is -0.748. The summed E-state index contributed by atoms with van der Waals surface area (Å²) in [5.74, 6) is -0.748. The molecule has 1 aromatic rings. The monoisotopic (exact) mass is 306 g/mol. The van der Waals surface area contributed by atoms with Crippen molar-refractivity contribution in [3.63, 3.8) is 0 Å². The highest BCUT2D eigenvalue weighted by Crippen LogP contribution is 2.24. The molecule has 5 heteroatoms. The second-order valence-corrected chi connectivity index (χ2v) is 5.83. The van der Waals surface area contributed by atoms with E-state index in [1.54, 1.807) is 0 Å². The van der Waals surface area contributed by atoms with Crippen LogP contribution in [0.1, 0.15) is 17.5 Å². The first-order valence-corrected chi connectivity index (χ1v) is 7.91. The zero-order valence-corrected chi connectivity index (χ0v) is 13.5. The second-order valence-electron chi connectivity index (χ2n) is 5.83. The maximum Gasteiger partial charge on any atom is 0.305 e. The molecular formula is C17H26N2O3. The molecule has 0 radical (unpaired) electrons. The van der Waals surface area contributed by atoms with Crippen molar-refractivity contribution in [3.05, 3.63) is 29.3 Å². The van der Waals surface area contributed by atoms with Crippen molar-refractivity contribution in [2.24, 2.45) is 0 Å². The zero-order chi connectivity index (χ0) is 15.9. The van der Waals surface area contributed by atoms with Crippen LogP contribution in [-0.4, -0.2) is 61.9 Å². The summed E-state index contributed by atoms with van der Waals surface area (Å²) in [5, 5.41) is 9.01. The van der Waals surface area contributed by atoms with Gasteiger partial charge in [0, 0.05) is 38.4 Å². The van der Waals surface area contributed by atoms with Crippen LogP contribution >= 0.6 is 0 Å². The first-order valence-electron chi connectivity index (χ1n) is 7.91. The molecular weight excluding hydrogens is 280 g/mol. The van der Waals surface area contributed by atoms with Crippen molar-refractivity contribution in [1.82, 2.24) is 4.90 Å². The maximum absolute atomic E-state index is 11.0. The highest BCUT2D eigenvalue weighted by atomic mass is 16.5. The van der Waals surface area contributed by atoms with E-state index in [1.165, 1.54) is 16.8 Å². The molecule has 0 spiro atoms. The lowest BCUT2D eigenvalue weighted by atomic mass is 10.1. The first kappa shape index (κ1) is 16.8. The fourth-order valence-electron chi connectivity index (χ4n) is 2.96. The molecule has 2 rings (SSSR count). The average molecular weight is 306 g/mol. The number of para-hydroxylation sites is 1. The van der Waals surface area contributed by atoms with Crippen molar-refractivity contribution in [2.75, 3.05) is 50.8 Å². The molecule has 0 atom stereocenters. The van der Waals surface area contributed by atoms with Crippen LogP contribution in [0.5, 0.6) is 0 Å². The SMILES string of the molecule is Cc1cccc(C)c1N(CCC(=O)O)CCN1CCOCC1. The van der Waals surface area contributed by atoms with E-state index < -0.39 is 5.97 Å². The number of benzene rings is 1. The minimum absolute atomic E-state index is 0.164. The number of morpholine rings is 1. The van der Waals surface area contributed by atoms with Crippen LogP contribution in [0.15, 0.2) is 18.2 Å². The van der Waals surface area contributed by atoms with Crippen LogP contribution in [0.4, 0.5) is 5.69 Å². The van der Waals surface area contributed by atoms with Gasteiger partial charge >= 0.3 is 5.97 Å². The number of nitrogens with zero attached hydrogens (tertiary/aromatic N) is 2. The van der Waals surface area contributed by atoms with Gasteiger partial charge in [0.25, 0.3) is 0 Å². The number of rotatable bonds is 7. The molecule has 1 aliphatic rings. The zero-order valence-electron chi connectivity index (χ0n) is 13.5. The van der Waals surface area contributed by atoms with E-state index in [2.05, 4.69) is 35.8 Å². The standard InChI is InChI=1S/C17H26N2O3/c1-14-4-3-5-15(2)17(14)19(7-6-16(20)21)9-8-18-10-12-22-13-11-18/h3-5H,6-13H2,1-2H3,(H,20,21). The Bertz CT molecular complexity index is 478. The summed E-state index contributed by atoms with van der Waals surface area (Å²) in [5.41, 5.74) is 3.58. The fraction of sp³-hybridized carbons (Fsp3) is 0.588. The summed E-state index contributed by atoms with van der Waals surface area (Å²) < 4.78 is 5.38. The van der Waals surface area contributed by atoms with Crippen LogP contribution in [0.25, 0.3) is 0 Å². The molecule has 1 aromatic carbocycles. The van der Waals surface area contributed by atoms with Crippen LogP contribution < -0.4 is 4.90 Å². The van der Waals surface area contributed by atoms with E-state index in [9.17, 15) is 4.79 Å². The summed E-state index contributed by atoms with van der Waals surface area (Å²) >= 11 is 0. The molecule has 22 heavy (non-hydrogen) atoms. The highest BCUT2D eigenvalue weighted by Gasteiger charge is 2.16. The van der Waals surface area contributed by atoms with Gasteiger partial charge in [-0.1, -0.05) is 18.2 Å². The van der Waals surface area contributed by atoms with Crippen molar-refractivity contribution >= 4 is 11.7 Å². The van der Waals surface area contributed by atoms with Gasteiger partial charge in [-0.05, 0) is 25.0 Å². The molecule has 0 bridgehead atoms. The Morgan fingerprint density at radius 2 is 1.86 bits per heavy atom. The second kappa shape index (κ2) is 8.15. The van der Waals surface area contributed by atoms with Crippen LogP contribution in [-0.2, 0) is 9.53 Å². The predicted octanol–water partition coefficient (Wildman–Crippen LogP) is 1.92. The molecule has 0 aliphatic carbocycles. The first-order chi connectivity index (χ1) is 10.6. The van der Waals surface area contributed by atoms with E-state index in [-0.39, 0.29) is 6.42 Å². The normalized spacial score (nSPS) is 15.7. The summed E-state index contributed by atoms with van der Waals surface area (Å²) in [4.78, 5) is 15.6. The topological polar surface area (TPSA) is 53.0 Å². The van der Waals surface area contributed by atoms with E-state index in [4.69, 9.17) is 9.84 Å². The van der Waals surface area contributed by atoms with E-state index in [1.807, 2.05) is 6.07 Å². The number of aliphatic carboxylic acids is 1. The maximum atomic E-state index is 11.0. The van der Waals surface area contributed by atoms with Crippen molar-refractivity contribution in [1.29, 1.82) is 0 Å². The van der Waals surface area contributed by atoms with E-state index in [0.717, 1.165) is 39.4 Å². The number of carboxylic acid groups (broad SMARTS) is 1. The Labute approximate surface area is 132 Å². The van der Waals surface area contributed by atoms with Gasteiger partial charge in [0.2, 0.25) is 0 Å². The summed E-state index contributed by atoms with van der Waals surface area (Å²) in [6.07, 6.45) is 0.164. The largest absolute Gasteiger partial charge is 0.481 e. The molecule has 1 fully saturated rings. The molecule has 1 N–H and O–H groups in total. The molecule has 1 saturated heterocycles. The van der Waals surface area contributed by atoms with E-state index >= 15 is 0 Å². The van der Waals surface area contributed by atoms with Gasteiger partial charge in [-0.3, -0.25) is 9.69 Å². The number of hydrogen-bond acceptors (Lipinski definition) is 4. The quantitative estimate of drug-likeness (QED) is 0.834. The molecule has 122 valence electrons. The van der Waals surface area contributed by atoms with Gasteiger partial charge in [-0.2, -0.15) is 0 Å². The number of anilines is 1. The predicted molar refractivity (Wildman–Crippen MR) is 87.6 cm³/mol. The van der Waals surface area contributed by atoms with Gasteiger partial charge in [0.15, 0.2) is 0 Å².